The van der Waals surface area contributed by atoms with Crippen LogP contribution in [0.5, 0.6) is 0 Å². The Morgan fingerprint density at radius 1 is 1.50 bits per heavy atom. The first-order valence-corrected chi connectivity index (χ1v) is 3.40. The lowest BCUT2D eigenvalue weighted by molar-refractivity contribution is 0.0443. The van der Waals surface area contributed by atoms with Crippen molar-refractivity contribution in [3.8, 4) is 0 Å². The summed E-state index contributed by atoms with van der Waals surface area (Å²) in [6.45, 7) is 6.53. The average molecular weight is 166 g/mol. The zero-order chi connectivity index (χ0) is 6.91. The Morgan fingerprint density at radius 3 is 2.30 bits per heavy atom. The first-order chi connectivity index (χ1) is 4.17. The first-order valence-electron chi connectivity index (χ1n) is 3.40. The molecular weight excluding hydrogens is 150 g/mol. The molecule has 0 aromatic carbocycles. The average Bonchev–Trinajstić information content (AvgIpc) is 2.08. The summed E-state index contributed by atoms with van der Waals surface area (Å²) < 4.78 is 5.26. The minimum atomic E-state index is 0. The van der Waals surface area contributed by atoms with Crippen LogP contribution < -0.4 is 5.32 Å². The Kier molecular flexibility index (Phi) is 3.63. The molecule has 10 heavy (non-hydrogen) atoms. The lowest BCUT2D eigenvalue weighted by atomic mass is 9.90. The highest BCUT2D eigenvalue weighted by Gasteiger charge is 2.34. The van der Waals surface area contributed by atoms with Crippen LogP contribution in [0.4, 0.5) is 0 Å². The first kappa shape index (κ1) is 10.2. The number of hydrogen-bond donors (Lipinski definition) is 1. The number of rotatable bonds is 1. The minimum absolute atomic E-state index is 0. The smallest absolute Gasteiger partial charge is 0.0758 e. The van der Waals surface area contributed by atoms with Crippen LogP contribution in [0.3, 0.4) is 0 Å². The van der Waals surface area contributed by atoms with Gasteiger partial charge in [0.1, 0.15) is 0 Å². The van der Waals surface area contributed by atoms with Gasteiger partial charge in [0.25, 0.3) is 0 Å². The Hall–Kier alpha value is 0.210. The fourth-order valence-electron chi connectivity index (χ4n) is 1.32. The predicted octanol–water partition coefficient (Wildman–Crippen LogP) is 1.05. The van der Waals surface area contributed by atoms with Crippen molar-refractivity contribution >= 4 is 12.4 Å². The van der Waals surface area contributed by atoms with Crippen LogP contribution in [0.15, 0.2) is 0 Å². The molecule has 3 heteroatoms. The SMILES string of the molecule is COC1CNCC1(C)C.Cl. The summed E-state index contributed by atoms with van der Waals surface area (Å²) in [6.07, 6.45) is 0.400. The van der Waals surface area contributed by atoms with Crippen molar-refractivity contribution in [3.63, 3.8) is 0 Å². The van der Waals surface area contributed by atoms with Gasteiger partial charge in [-0.2, -0.15) is 0 Å². The van der Waals surface area contributed by atoms with E-state index in [1.165, 1.54) is 0 Å². The van der Waals surface area contributed by atoms with Gasteiger partial charge in [0, 0.05) is 25.6 Å². The van der Waals surface area contributed by atoms with Crippen LogP contribution in [0, 0.1) is 5.41 Å². The van der Waals surface area contributed by atoms with Crippen LogP contribution in [0.1, 0.15) is 13.8 Å². The lowest BCUT2D eigenvalue weighted by Gasteiger charge is -2.23. The lowest BCUT2D eigenvalue weighted by Crippen LogP contribution is -2.28. The van der Waals surface area contributed by atoms with Gasteiger partial charge < -0.3 is 10.1 Å². The van der Waals surface area contributed by atoms with Gasteiger partial charge >= 0.3 is 0 Å². The van der Waals surface area contributed by atoms with Gasteiger partial charge in [0.2, 0.25) is 0 Å². The highest BCUT2D eigenvalue weighted by molar-refractivity contribution is 5.85. The summed E-state index contributed by atoms with van der Waals surface area (Å²) in [5.74, 6) is 0. The normalized spacial score (nSPS) is 29.7. The topological polar surface area (TPSA) is 21.3 Å². The molecule has 1 rings (SSSR count). The molecule has 0 aromatic rings. The van der Waals surface area contributed by atoms with Crippen molar-refractivity contribution in [2.45, 2.75) is 20.0 Å². The second-order valence-corrected chi connectivity index (χ2v) is 3.34. The van der Waals surface area contributed by atoms with E-state index in [1.54, 1.807) is 7.11 Å². The molecule has 0 aromatic heterocycles. The number of nitrogens with one attached hydrogen (secondary N) is 1. The summed E-state index contributed by atoms with van der Waals surface area (Å²) in [4.78, 5) is 0. The predicted molar refractivity (Wildman–Crippen MR) is 44.7 cm³/mol. The van der Waals surface area contributed by atoms with Crippen LogP contribution in [0.2, 0.25) is 0 Å². The van der Waals surface area contributed by atoms with Gasteiger partial charge in [-0.05, 0) is 0 Å². The van der Waals surface area contributed by atoms with E-state index in [0.29, 0.717) is 11.5 Å². The van der Waals surface area contributed by atoms with Crippen LogP contribution in [-0.2, 0) is 4.74 Å². The fourth-order valence-corrected chi connectivity index (χ4v) is 1.32. The maximum atomic E-state index is 5.26. The van der Waals surface area contributed by atoms with E-state index in [1.807, 2.05) is 0 Å². The summed E-state index contributed by atoms with van der Waals surface area (Å²) in [5.41, 5.74) is 0.328. The zero-order valence-electron chi connectivity index (χ0n) is 6.81. The van der Waals surface area contributed by atoms with Gasteiger partial charge in [0.15, 0.2) is 0 Å². The van der Waals surface area contributed by atoms with Gasteiger partial charge in [0.05, 0.1) is 6.10 Å². The van der Waals surface area contributed by atoms with Crippen molar-refractivity contribution in [1.82, 2.24) is 5.32 Å². The van der Waals surface area contributed by atoms with Crippen molar-refractivity contribution < 1.29 is 4.74 Å². The summed E-state index contributed by atoms with van der Waals surface area (Å²) in [5, 5.41) is 3.29. The molecule has 1 fully saturated rings. The van der Waals surface area contributed by atoms with Gasteiger partial charge in [-0.3, -0.25) is 0 Å². The summed E-state index contributed by atoms with van der Waals surface area (Å²) >= 11 is 0. The third kappa shape index (κ3) is 1.84. The van der Waals surface area contributed by atoms with E-state index in [2.05, 4.69) is 19.2 Å². The quantitative estimate of drug-likeness (QED) is 0.628. The van der Waals surface area contributed by atoms with Crippen LogP contribution in [-0.4, -0.2) is 26.3 Å². The van der Waals surface area contributed by atoms with Crippen molar-refractivity contribution in [3.05, 3.63) is 0 Å². The maximum Gasteiger partial charge on any atom is 0.0758 e. The molecule has 0 aliphatic carbocycles. The van der Waals surface area contributed by atoms with Gasteiger partial charge in [-0.1, -0.05) is 13.8 Å². The molecular formula is C7H16ClNO. The molecule has 1 aliphatic heterocycles. The van der Waals surface area contributed by atoms with E-state index < -0.39 is 0 Å². The number of ether oxygens (including phenoxy) is 1. The van der Waals surface area contributed by atoms with E-state index in [9.17, 15) is 0 Å². The maximum absolute atomic E-state index is 5.26. The van der Waals surface area contributed by atoms with Crippen molar-refractivity contribution in [1.29, 1.82) is 0 Å². The number of halogens is 1. The Bertz CT molecular complexity index is 106. The van der Waals surface area contributed by atoms with E-state index in [4.69, 9.17) is 4.74 Å². The third-order valence-electron chi connectivity index (χ3n) is 2.07. The molecule has 0 radical (unpaired) electrons. The Labute approximate surface area is 68.7 Å². The molecule has 1 heterocycles. The molecule has 1 saturated heterocycles. The molecule has 2 nitrogen and oxygen atoms in total. The highest BCUT2D eigenvalue weighted by atomic mass is 35.5. The van der Waals surface area contributed by atoms with E-state index in [0.717, 1.165) is 13.1 Å². The summed E-state index contributed by atoms with van der Waals surface area (Å²) in [7, 11) is 1.78. The molecule has 0 bridgehead atoms. The van der Waals surface area contributed by atoms with Crippen LogP contribution in [0.25, 0.3) is 0 Å². The van der Waals surface area contributed by atoms with E-state index >= 15 is 0 Å². The van der Waals surface area contributed by atoms with Crippen molar-refractivity contribution in [2.75, 3.05) is 20.2 Å². The molecule has 1 aliphatic rings. The second kappa shape index (κ2) is 3.56. The Morgan fingerprint density at radius 2 is 2.10 bits per heavy atom. The number of methoxy groups -OCH3 is 1. The standard InChI is InChI=1S/C7H15NO.ClH/c1-7(2)5-8-4-6(7)9-3;/h6,8H,4-5H2,1-3H3;1H. The Balaban J connectivity index is 0.000000810. The molecule has 0 spiro atoms. The molecule has 0 saturated carbocycles. The molecule has 1 unspecified atom stereocenters. The zero-order valence-corrected chi connectivity index (χ0v) is 7.62. The molecule has 1 N–H and O–H groups in total. The van der Waals surface area contributed by atoms with Gasteiger partial charge in [-0.25, -0.2) is 0 Å². The van der Waals surface area contributed by atoms with E-state index in [-0.39, 0.29) is 12.4 Å². The van der Waals surface area contributed by atoms with Crippen LogP contribution >= 0.6 is 12.4 Å². The molecule has 1 atom stereocenters. The largest absolute Gasteiger partial charge is 0.380 e. The monoisotopic (exact) mass is 165 g/mol. The van der Waals surface area contributed by atoms with Gasteiger partial charge in [-0.15, -0.1) is 12.4 Å². The number of hydrogen-bond acceptors (Lipinski definition) is 2. The second-order valence-electron chi connectivity index (χ2n) is 3.34. The summed E-state index contributed by atoms with van der Waals surface area (Å²) in [6, 6.07) is 0. The molecule has 0 amide bonds. The third-order valence-corrected chi connectivity index (χ3v) is 2.07. The fraction of sp³-hybridized carbons (Fsp3) is 1.00. The van der Waals surface area contributed by atoms with Crippen molar-refractivity contribution in [2.24, 2.45) is 5.41 Å². The highest BCUT2D eigenvalue weighted by Crippen LogP contribution is 2.25. The minimum Gasteiger partial charge on any atom is -0.380 e. The molecule has 62 valence electrons.